The van der Waals surface area contributed by atoms with Crippen molar-refractivity contribution < 1.29 is 0 Å². The maximum Gasteiger partial charge on any atom is 0.124 e. The largest absolute Gasteiger partial charge is 0.309 e. The second-order valence-corrected chi connectivity index (χ2v) is 12.3. The van der Waals surface area contributed by atoms with Crippen molar-refractivity contribution in [2.24, 2.45) is 0 Å². The topological polar surface area (TPSA) is 16.1 Å². The second-order valence-electron chi connectivity index (χ2n) is 11.2. The number of pyridine rings is 1. The molecule has 0 saturated carbocycles. The van der Waals surface area contributed by atoms with Crippen LogP contribution in [0.5, 0.6) is 0 Å². The molecule has 0 amide bonds. The number of thiophene rings is 1. The van der Waals surface area contributed by atoms with Crippen molar-refractivity contribution >= 4 is 81.0 Å². The maximum absolute atomic E-state index is 5.05. The smallest absolute Gasteiger partial charge is 0.124 e. The van der Waals surface area contributed by atoms with Crippen molar-refractivity contribution in [2.45, 2.75) is 0 Å². The number of nitrogens with zero attached hydrogens (tertiary/aromatic N) is 2. The van der Waals surface area contributed by atoms with Gasteiger partial charge in [0.15, 0.2) is 0 Å². The summed E-state index contributed by atoms with van der Waals surface area (Å²) < 4.78 is 1.26. The quantitative estimate of drug-likeness (QED) is 0.193. The molecule has 0 aliphatic carbocycles. The van der Waals surface area contributed by atoms with Crippen LogP contribution in [0, 0.1) is 0 Å². The van der Waals surface area contributed by atoms with Gasteiger partial charge in [-0.2, -0.15) is 0 Å². The van der Waals surface area contributed by atoms with E-state index in [9.17, 15) is 0 Å². The molecule has 0 spiro atoms. The SMILES string of the molecule is c1ccc(-c2ccc(N(c3ccc4ccc5ccccc5c4c3)c3cnc4sc5ccc6ccccc6c5c4c3)cc2)cc1. The van der Waals surface area contributed by atoms with E-state index in [0.717, 1.165) is 21.9 Å². The molecule has 0 bridgehead atoms. The molecular formula is C41H26N2S. The third kappa shape index (κ3) is 4.05. The molecule has 0 atom stereocenters. The molecule has 0 saturated heterocycles. The molecule has 0 unspecified atom stereocenters. The summed E-state index contributed by atoms with van der Waals surface area (Å²) in [6.07, 6.45) is 2.03. The minimum atomic E-state index is 1.04. The van der Waals surface area contributed by atoms with E-state index in [1.807, 2.05) is 6.20 Å². The van der Waals surface area contributed by atoms with Gasteiger partial charge in [-0.3, -0.25) is 0 Å². The summed E-state index contributed by atoms with van der Waals surface area (Å²) in [5.41, 5.74) is 5.64. The lowest BCUT2D eigenvalue weighted by Gasteiger charge is -2.26. The Morgan fingerprint density at radius 3 is 1.84 bits per heavy atom. The minimum absolute atomic E-state index is 1.04. The lowest BCUT2D eigenvalue weighted by atomic mass is 10.0. The molecule has 3 heteroatoms. The molecule has 206 valence electrons. The maximum atomic E-state index is 5.05. The first-order valence-corrected chi connectivity index (χ1v) is 15.7. The van der Waals surface area contributed by atoms with E-state index in [0.29, 0.717) is 0 Å². The van der Waals surface area contributed by atoms with E-state index in [-0.39, 0.29) is 0 Å². The number of hydrogen-bond donors (Lipinski definition) is 0. The van der Waals surface area contributed by atoms with Crippen molar-refractivity contribution in [3.05, 3.63) is 158 Å². The predicted octanol–water partition coefficient (Wildman–Crippen LogP) is 12.0. The number of hydrogen-bond acceptors (Lipinski definition) is 3. The average Bonchev–Trinajstić information content (AvgIpc) is 3.48. The highest BCUT2D eigenvalue weighted by Crippen LogP contribution is 2.43. The zero-order valence-electron chi connectivity index (χ0n) is 23.8. The van der Waals surface area contributed by atoms with Gasteiger partial charge in [-0.15, -0.1) is 11.3 Å². The predicted molar refractivity (Wildman–Crippen MR) is 190 cm³/mol. The number of benzene rings is 7. The first-order valence-electron chi connectivity index (χ1n) is 14.9. The Bertz CT molecular complexity index is 2490. The Balaban J connectivity index is 1.28. The summed E-state index contributed by atoms with van der Waals surface area (Å²) in [6, 6.07) is 54.7. The van der Waals surface area contributed by atoms with Crippen LogP contribution in [0.4, 0.5) is 17.1 Å². The van der Waals surface area contributed by atoms with Gasteiger partial charge in [0, 0.05) is 26.8 Å². The van der Waals surface area contributed by atoms with Crippen molar-refractivity contribution in [1.82, 2.24) is 4.98 Å². The van der Waals surface area contributed by atoms with Gasteiger partial charge in [-0.25, -0.2) is 4.98 Å². The fourth-order valence-electron chi connectivity index (χ4n) is 6.55. The highest BCUT2D eigenvalue weighted by atomic mass is 32.1. The normalized spacial score (nSPS) is 11.6. The molecule has 0 N–H and O–H groups in total. The third-order valence-corrected chi connectivity index (χ3v) is 9.76. The van der Waals surface area contributed by atoms with Crippen LogP contribution in [0.2, 0.25) is 0 Å². The molecule has 2 nitrogen and oxygen atoms in total. The molecule has 0 radical (unpaired) electrons. The number of anilines is 3. The highest BCUT2D eigenvalue weighted by molar-refractivity contribution is 7.25. The van der Waals surface area contributed by atoms with E-state index < -0.39 is 0 Å². The van der Waals surface area contributed by atoms with Gasteiger partial charge < -0.3 is 4.90 Å². The first-order chi connectivity index (χ1) is 21.8. The van der Waals surface area contributed by atoms with Crippen molar-refractivity contribution in [2.75, 3.05) is 4.90 Å². The molecule has 0 aliphatic rings. The van der Waals surface area contributed by atoms with Gasteiger partial charge in [0.25, 0.3) is 0 Å². The summed E-state index contributed by atoms with van der Waals surface area (Å²) in [5.74, 6) is 0. The van der Waals surface area contributed by atoms with E-state index in [1.165, 1.54) is 58.9 Å². The molecule has 44 heavy (non-hydrogen) atoms. The molecule has 9 rings (SSSR count). The van der Waals surface area contributed by atoms with Crippen LogP contribution in [-0.2, 0) is 0 Å². The Morgan fingerprint density at radius 1 is 0.432 bits per heavy atom. The number of aromatic nitrogens is 1. The third-order valence-electron chi connectivity index (χ3n) is 8.68. The van der Waals surface area contributed by atoms with Crippen LogP contribution >= 0.6 is 11.3 Å². The lowest BCUT2D eigenvalue weighted by Crippen LogP contribution is -2.10. The van der Waals surface area contributed by atoms with Crippen LogP contribution in [0.1, 0.15) is 0 Å². The monoisotopic (exact) mass is 578 g/mol. The van der Waals surface area contributed by atoms with Crippen LogP contribution in [0.3, 0.4) is 0 Å². The summed E-state index contributed by atoms with van der Waals surface area (Å²) in [4.78, 5) is 8.45. The molecule has 2 aromatic heterocycles. The summed E-state index contributed by atoms with van der Waals surface area (Å²) >= 11 is 1.76. The lowest BCUT2D eigenvalue weighted by molar-refractivity contribution is 1.26. The Labute approximate surface area is 259 Å². The van der Waals surface area contributed by atoms with Gasteiger partial charge in [0.05, 0.1) is 11.9 Å². The van der Waals surface area contributed by atoms with E-state index in [1.54, 1.807) is 11.3 Å². The number of fused-ring (bicyclic) bond motifs is 8. The molecule has 0 aliphatic heterocycles. The zero-order valence-corrected chi connectivity index (χ0v) is 24.6. The molecule has 0 fully saturated rings. The molecular weight excluding hydrogens is 553 g/mol. The standard InChI is InChI=1S/C41H26N2S/c1-2-8-27(9-3-1)28-16-20-32(21-17-28)43(33-22-18-31-15-14-29-10-4-6-12-35(29)37(31)24-33)34-25-38-40-36-13-7-5-11-30(36)19-23-39(40)44-41(38)42-26-34/h1-26H. The average molecular weight is 579 g/mol. The minimum Gasteiger partial charge on any atom is -0.309 e. The zero-order chi connectivity index (χ0) is 29.0. The number of rotatable bonds is 4. The summed E-state index contributed by atoms with van der Waals surface area (Å²) in [7, 11) is 0. The van der Waals surface area contributed by atoms with Crippen LogP contribution in [-0.4, -0.2) is 4.98 Å². The van der Waals surface area contributed by atoms with Crippen LogP contribution in [0.15, 0.2) is 158 Å². The van der Waals surface area contributed by atoms with Crippen molar-refractivity contribution in [3.63, 3.8) is 0 Å². The fourth-order valence-corrected chi connectivity index (χ4v) is 7.60. The highest BCUT2D eigenvalue weighted by Gasteiger charge is 2.18. The summed E-state index contributed by atoms with van der Waals surface area (Å²) in [5, 5.41) is 9.97. The van der Waals surface area contributed by atoms with Gasteiger partial charge in [0.1, 0.15) is 4.83 Å². The summed E-state index contributed by atoms with van der Waals surface area (Å²) in [6.45, 7) is 0. The van der Waals surface area contributed by atoms with Crippen molar-refractivity contribution in [1.29, 1.82) is 0 Å². The Kier molecular flexibility index (Phi) is 5.71. The fraction of sp³-hybridized carbons (Fsp3) is 0. The van der Waals surface area contributed by atoms with Gasteiger partial charge in [-0.1, -0.05) is 115 Å². The van der Waals surface area contributed by atoms with Gasteiger partial charge >= 0.3 is 0 Å². The van der Waals surface area contributed by atoms with Gasteiger partial charge in [-0.05, 0) is 79.8 Å². The van der Waals surface area contributed by atoms with Crippen LogP contribution in [0.25, 0.3) is 63.7 Å². The van der Waals surface area contributed by atoms with E-state index >= 15 is 0 Å². The molecule has 9 aromatic rings. The van der Waals surface area contributed by atoms with E-state index in [2.05, 4.69) is 157 Å². The molecule has 7 aromatic carbocycles. The van der Waals surface area contributed by atoms with Crippen molar-refractivity contribution in [3.8, 4) is 11.1 Å². The second kappa shape index (κ2) is 10.0. The molecule has 2 heterocycles. The van der Waals surface area contributed by atoms with Gasteiger partial charge in [0.2, 0.25) is 0 Å². The Hall–Kier alpha value is -5.51. The Morgan fingerprint density at radius 2 is 1.02 bits per heavy atom. The van der Waals surface area contributed by atoms with Crippen LogP contribution < -0.4 is 4.90 Å². The first kappa shape index (κ1) is 25.0. The van der Waals surface area contributed by atoms with E-state index in [4.69, 9.17) is 4.98 Å².